The molecule has 0 atom stereocenters. The first-order valence-corrected chi connectivity index (χ1v) is 11.8. The first kappa shape index (κ1) is 22.3. The minimum Gasteiger partial charge on any atom is -0.378 e. The fourth-order valence-electron chi connectivity index (χ4n) is 4.32. The second kappa shape index (κ2) is 10.2. The van der Waals surface area contributed by atoms with Crippen molar-refractivity contribution in [3.05, 3.63) is 47.2 Å². The number of ether oxygens (including phenoxy) is 1. The number of nitrogens with one attached hydrogen (secondary N) is 4. The summed E-state index contributed by atoms with van der Waals surface area (Å²) in [4.78, 5) is 27.7. The summed E-state index contributed by atoms with van der Waals surface area (Å²) in [5.41, 5.74) is 7.00. The van der Waals surface area contributed by atoms with Gasteiger partial charge in [0.2, 0.25) is 5.95 Å². The van der Waals surface area contributed by atoms with Crippen molar-refractivity contribution in [3.8, 4) is 0 Å². The van der Waals surface area contributed by atoms with E-state index in [1.807, 2.05) is 31.2 Å². The SMILES string of the molecule is Cc1cccc(/C=N/Nc2nc(N3CCOCC3)c3[nH]c(C(=O)NC4CCNCC4)cc3n2)c1. The Kier molecular flexibility index (Phi) is 6.68. The Hall–Kier alpha value is -3.50. The number of H-pyrrole nitrogens is 1. The van der Waals surface area contributed by atoms with E-state index < -0.39 is 0 Å². The van der Waals surface area contributed by atoms with Crippen LogP contribution in [0, 0.1) is 6.92 Å². The van der Waals surface area contributed by atoms with Gasteiger partial charge in [0.15, 0.2) is 5.82 Å². The Bertz CT molecular complexity index is 1180. The lowest BCUT2D eigenvalue weighted by molar-refractivity contribution is 0.0925. The van der Waals surface area contributed by atoms with Crippen molar-refractivity contribution >= 4 is 34.9 Å². The molecule has 1 amide bonds. The van der Waals surface area contributed by atoms with Crippen LogP contribution in [0.1, 0.15) is 34.5 Å². The molecule has 2 aliphatic heterocycles. The van der Waals surface area contributed by atoms with Gasteiger partial charge in [0.05, 0.1) is 24.9 Å². The third-order valence-electron chi connectivity index (χ3n) is 6.11. The number of nitrogens with zero attached hydrogens (tertiary/aromatic N) is 4. The zero-order chi connectivity index (χ0) is 23.3. The average molecular weight is 463 g/mol. The van der Waals surface area contributed by atoms with Crippen LogP contribution in [-0.4, -0.2) is 72.5 Å². The predicted molar refractivity (Wildman–Crippen MR) is 133 cm³/mol. The smallest absolute Gasteiger partial charge is 0.268 e. The van der Waals surface area contributed by atoms with Gasteiger partial charge >= 0.3 is 0 Å². The molecular formula is C24H30N8O2. The van der Waals surface area contributed by atoms with Gasteiger partial charge < -0.3 is 25.3 Å². The second-order valence-electron chi connectivity index (χ2n) is 8.70. The minimum atomic E-state index is -0.121. The summed E-state index contributed by atoms with van der Waals surface area (Å²) < 4.78 is 5.51. The van der Waals surface area contributed by atoms with Crippen molar-refractivity contribution in [2.24, 2.45) is 5.10 Å². The highest BCUT2D eigenvalue weighted by Crippen LogP contribution is 2.26. The molecule has 34 heavy (non-hydrogen) atoms. The molecule has 0 spiro atoms. The van der Waals surface area contributed by atoms with Crippen LogP contribution in [0.5, 0.6) is 0 Å². The number of hydrazone groups is 1. The minimum absolute atomic E-state index is 0.121. The fraction of sp³-hybridized carbons (Fsp3) is 0.417. The summed E-state index contributed by atoms with van der Waals surface area (Å²) in [6.45, 7) is 6.57. The number of aromatic amines is 1. The number of morpholine rings is 1. The van der Waals surface area contributed by atoms with Gasteiger partial charge in [0.1, 0.15) is 11.2 Å². The normalized spacial score (nSPS) is 17.4. The highest BCUT2D eigenvalue weighted by molar-refractivity contribution is 6.00. The topological polar surface area (TPSA) is 120 Å². The Labute approximate surface area is 198 Å². The summed E-state index contributed by atoms with van der Waals surface area (Å²) in [7, 11) is 0. The number of piperidine rings is 1. The van der Waals surface area contributed by atoms with Crippen LogP contribution in [-0.2, 0) is 4.74 Å². The number of fused-ring (bicyclic) bond motifs is 1. The zero-order valence-corrected chi connectivity index (χ0v) is 19.3. The molecule has 0 unspecified atom stereocenters. The molecule has 178 valence electrons. The molecule has 2 aliphatic rings. The molecule has 2 saturated heterocycles. The molecule has 5 rings (SSSR count). The number of anilines is 2. The summed E-state index contributed by atoms with van der Waals surface area (Å²) in [5, 5.41) is 10.8. The van der Waals surface area contributed by atoms with Crippen molar-refractivity contribution in [1.82, 2.24) is 25.6 Å². The number of aryl methyl sites for hydroxylation is 1. The van der Waals surface area contributed by atoms with Crippen LogP contribution in [0.15, 0.2) is 35.4 Å². The van der Waals surface area contributed by atoms with Crippen molar-refractivity contribution in [2.75, 3.05) is 49.7 Å². The number of carbonyl (C=O) groups is 1. The molecule has 4 N–H and O–H groups in total. The number of hydrogen-bond donors (Lipinski definition) is 4. The van der Waals surface area contributed by atoms with Crippen molar-refractivity contribution in [2.45, 2.75) is 25.8 Å². The molecule has 10 nitrogen and oxygen atoms in total. The predicted octanol–water partition coefficient (Wildman–Crippen LogP) is 2.03. The molecule has 3 aromatic rings. The average Bonchev–Trinajstić information content (AvgIpc) is 3.29. The van der Waals surface area contributed by atoms with Crippen molar-refractivity contribution in [1.29, 1.82) is 0 Å². The van der Waals surface area contributed by atoms with Crippen molar-refractivity contribution < 1.29 is 9.53 Å². The van der Waals surface area contributed by atoms with E-state index in [0.29, 0.717) is 43.5 Å². The first-order valence-electron chi connectivity index (χ1n) is 11.8. The van der Waals surface area contributed by atoms with E-state index in [-0.39, 0.29) is 11.9 Å². The van der Waals surface area contributed by atoms with Crippen LogP contribution < -0.4 is 21.0 Å². The molecule has 4 heterocycles. The fourth-order valence-corrected chi connectivity index (χ4v) is 4.32. The number of carbonyl (C=O) groups excluding carboxylic acids is 1. The molecule has 0 radical (unpaired) electrons. The number of hydrogen-bond acceptors (Lipinski definition) is 8. The van der Waals surface area contributed by atoms with Gasteiger partial charge in [-0.1, -0.05) is 29.8 Å². The summed E-state index contributed by atoms with van der Waals surface area (Å²) in [6, 6.07) is 10.0. The molecule has 0 aliphatic carbocycles. The molecule has 2 fully saturated rings. The number of rotatable bonds is 6. The Balaban J connectivity index is 1.41. The van der Waals surface area contributed by atoms with Gasteiger partial charge in [-0.25, -0.2) is 10.4 Å². The first-order chi connectivity index (χ1) is 16.7. The second-order valence-corrected chi connectivity index (χ2v) is 8.70. The Morgan fingerprint density at radius 1 is 1.21 bits per heavy atom. The molecule has 2 aromatic heterocycles. The summed E-state index contributed by atoms with van der Waals surface area (Å²) in [5.74, 6) is 0.995. The maximum atomic E-state index is 12.9. The highest BCUT2D eigenvalue weighted by Gasteiger charge is 2.22. The van der Waals surface area contributed by atoms with Gasteiger partial charge in [-0.2, -0.15) is 10.1 Å². The lowest BCUT2D eigenvalue weighted by atomic mass is 10.1. The summed E-state index contributed by atoms with van der Waals surface area (Å²) >= 11 is 0. The van der Waals surface area contributed by atoms with E-state index in [2.05, 4.69) is 36.0 Å². The Morgan fingerprint density at radius 2 is 2.03 bits per heavy atom. The van der Waals surface area contributed by atoms with Crippen LogP contribution in [0.3, 0.4) is 0 Å². The van der Waals surface area contributed by atoms with Gasteiger partial charge in [0.25, 0.3) is 5.91 Å². The highest BCUT2D eigenvalue weighted by atomic mass is 16.5. The van der Waals surface area contributed by atoms with E-state index in [1.54, 1.807) is 12.3 Å². The van der Waals surface area contributed by atoms with Crippen molar-refractivity contribution in [3.63, 3.8) is 0 Å². The quantitative estimate of drug-likeness (QED) is 0.327. The molecular weight excluding hydrogens is 432 g/mol. The number of aromatic nitrogens is 3. The Morgan fingerprint density at radius 3 is 2.82 bits per heavy atom. The molecule has 0 bridgehead atoms. The monoisotopic (exact) mass is 462 g/mol. The van der Waals surface area contributed by atoms with Gasteiger partial charge in [-0.3, -0.25) is 4.79 Å². The van der Waals surface area contributed by atoms with Crippen LogP contribution in [0.25, 0.3) is 11.0 Å². The van der Waals surface area contributed by atoms with E-state index in [9.17, 15) is 4.79 Å². The van der Waals surface area contributed by atoms with Gasteiger partial charge in [-0.05, 0) is 44.5 Å². The maximum Gasteiger partial charge on any atom is 0.268 e. The summed E-state index contributed by atoms with van der Waals surface area (Å²) in [6.07, 6.45) is 3.60. The zero-order valence-electron chi connectivity index (χ0n) is 19.3. The number of amides is 1. The van der Waals surface area contributed by atoms with Crippen LogP contribution >= 0.6 is 0 Å². The van der Waals surface area contributed by atoms with Crippen LogP contribution in [0.4, 0.5) is 11.8 Å². The maximum absolute atomic E-state index is 12.9. The standard InChI is InChI=1S/C24H30N8O2/c1-16-3-2-4-17(13-16)15-26-31-24-29-19-14-20(23(33)27-18-5-7-25-8-6-18)28-21(19)22(30-24)32-9-11-34-12-10-32/h2-4,13-15,18,25,28H,5-12H2,1H3,(H,27,33)(H,29,30,31)/b26-15+. The van der Waals surface area contributed by atoms with E-state index in [1.165, 1.54) is 5.56 Å². The lowest BCUT2D eigenvalue weighted by Gasteiger charge is -2.28. The molecule has 0 saturated carbocycles. The van der Waals surface area contributed by atoms with Crippen LogP contribution in [0.2, 0.25) is 0 Å². The van der Waals surface area contributed by atoms with Gasteiger partial charge in [-0.15, -0.1) is 0 Å². The lowest BCUT2D eigenvalue weighted by Crippen LogP contribution is -2.42. The third-order valence-corrected chi connectivity index (χ3v) is 6.11. The van der Waals surface area contributed by atoms with E-state index in [0.717, 1.165) is 42.8 Å². The molecule has 1 aromatic carbocycles. The van der Waals surface area contributed by atoms with E-state index >= 15 is 0 Å². The van der Waals surface area contributed by atoms with Gasteiger partial charge in [0, 0.05) is 19.1 Å². The third kappa shape index (κ3) is 5.18. The van der Waals surface area contributed by atoms with E-state index in [4.69, 9.17) is 9.72 Å². The molecule has 10 heteroatoms. The number of benzene rings is 1. The largest absolute Gasteiger partial charge is 0.378 e.